The van der Waals surface area contributed by atoms with Crippen LogP contribution in [0.4, 0.5) is 0 Å². The molecule has 0 aliphatic rings. The first-order valence-electron chi connectivity index (χ1n) is 6.38. The summed E-state index contributed by atoms with van der Waals surface area (Å²) < 4.78 is 2.24. The predicted octanol–water partition coefficient (Wildman–Crippen LogP) is 1.91. The van der Waals surface area contributed by atoms with Crippen molar-refractivity contribution in [2.24, 2.45) is 5.73 Å². The van der Waals surface area contributed by atoms with Gasteiger partial charge in [-0.1, -0.05) is 12.1 Å². The van der Waals surface area contributed by atoms with Gasteiger partial charge in [0, 0.05) is 5.56 Å². The quantitative estimate of drug-likeness (QED) is 0.802. The second-order valence-electron chi connectivity index (χ2n) is 4.84. The van der Waals surface area contributed by atoms with Gasteiger partial charge in [0.25, 0.3) is 5.56 Å². The molecule has 0 saturated heterocycles. The Bertz CT molecular complexity index is 878. The molecule has 1 aromatic carbocycles. The summed E-state index contributed by atoms with van der Waals surface area (Å²) in [7, 11) is 0. The molecule has 1 amide bonds. The summed E-state index contributed by atoms with van der Waals surface area (Å²) in [5.41, 5.74) is 8.31. The summed E-state index contributed by atoms with van der Waals surface area (Å²) >= 11 is 1.41. The number of amides is 1. The van der Waals surface area contributed by atoms with Crippen LogP contribution in [0.15, 0.2) is 40.8 Å². The van der Waals surface area contributed by atoms with Gasteiger partial charge >= 0.3 is 0 Å². The minimum atomic E-state index is -0.462. The fourth-order valence-electron chi connectivity index (χ4n) is 2.14. The van der Waals surface area contributed by atoms with Crippen LogP contribution < -0.4 is 11.3 Å². The first kappa shape index (κ1) is 13.5. The number of nitrogens with two attached hydrogens (primary N) is 1. The Balaban J connectivity index is 1.96. The van der Waals surface area contributed by atoms with Crippen molar-refractivity contribution in [1.29, 1.82) is 0 Å². The first-order chi connectivity index (χ1) is 10.1. The zero-order chi connectivity index (χ0) is 15.0. The van der Waals surface area contributed by atoms with E-state index < -0.39 is 5.91 Å². The van der Waals surface area contributed by atoms with Gasteiger partial charge in [-0.05, 0) is 35.6 Å². The second-order valence-corrected chi connectivity index (χ2v) is 5.71. The van der Waals surface area contributed by atoms with Crippen LogP contribution in [0.25, 0.3) is 10.2 Å². The Morgan fingerprint density at radius 2 is 2.05 bits per heavy atom. The van der Waals surface area contributed by atoms with Crippen LogP contribution in [0.5, 0.6) is 0 Å². The lowest BCUT2D eigenvalue weighted by Gasteiger charge is -2.06. The number of aromatic nitrogens is 2. The number of primary amides is 1. The van der Waals surface area contributed by atoms with E-state index in [0.717, 1.165) is 16.6 Å². The molecule has 5 nitrogen and oxygen atoms in total. The molecule has 0 saturated carbocycles. The van der Waals surface area contributed by atoms with Gasteiger partial charge in [0.15, 0.2) is 0 Å². The predicted molar refractivity (Wildman–Crippen MR) is 82.7 cm³/mol. The van der Waals surface area contributed by atoms with Gasteiger partial charge in [-0.15, -0.1) is 11.3 Å². The molecular formula is C15H13N3O2S. The number of thiophene rings is 1. The lowest BCUT2D eigenvalue weighted by atomic mass is 10.1. The SMILES string of the molecule is Cc1csc2c(=O)n(Cc3ccc(C(N)=O)cc3)cnc12. The maximum Gasteiger partial charge on any atom is 0.271 e. The van der Waals surface area contributed by atoms with Gasteiger partial charge in [-0.25, -0.2) is 4.98 Å². The van der Waals surface area contributed by atoms with Gasteiger partial charge in [-0.2, -0.15) is 0 Å². The maximum absolute atomic E-state index is 12.4. The smallest absolute Gasteiger partial charge is 0.271 e. The van der Waals surface area contributed by atoms with E-state index >= 15 is 0 Å². The highest BCUT2D eigenvalue weighted by atomic mass is 32.1. The minimum Gasteiger partial charge on any atom is -0.366 e. The van der Waals surface area contributed by atoms with E-state index in [0.29, 0.717) is 16.8 Å². The third-order valence-electron chi connectivity index (χ3n) is 3.31. The maximum atomic E-state index is 12.4. The third-order valence-corrected chi connectivity index (χ3v) is 4.39. The van der Waals surface area contributed by atoms with Crippen LogP contribution in [-0.4, -0.2) is 15.5 Å². The standard InChI is InChI=1S/C15H13N3O2S/c1-9-7-21-13-12(9)17-8-18(15(13)20)6-10-2-4-11(5-3-10)14(16)19/h2-5,7-8H,6H2,1H3,(H2,16,19). The van der Waals surface area contributed by atoms with E-state index in [4.69, 9.17) is 5.73 Å². The van der Waals surface area contributed by atoms with Crippen LogP contribution in [0.3, 0.4) is 0 Å². The van der Waals surface area contributed by atoms with Crippen molar-refractivity contribution in [2.45, 2.75) is 13.5 Å². The Kier molecular flexibility index (Phi) is 3.31. The molecule has 3 aromatic rings. The van der Waals surface area contributed by atoms with Gasteiger partial charge < -0.3 is 5.73 Å². The Labute approximate surface area is 124 Å². The molecule has 0 atom stereocenters. The van der Waals surface area contributed by atoms with E-state index in [1.165, 1.54) is 11.3 Å². The summed E-state index contributed by atoms with van der Waals surface area (Å²) in [4.78, 5) is 27.8. The van der Waals surface area contributed by atoms with Crippen molar-refractivity contribution < 1.29 is 4.79 Å². The number of fused-ring (bicyclic) bond motifs is 1. The molecule has 0 radical (unpaired) electrons. The van der Waals surface area contributed by atoms with Crippen LogP contribution >= 0.6 is 11.3 Å². The number of carbonyl (C=O) groups excluding carboxylic acids is 1. The monoisotopic (exact) mass is 299 g/mol. The number of carbonyl (C=O) groups is 1. The number of rotatable bonds is 3. The van der Waals surface area contributed by atoms with Crippen molar-refractivity contribution in [3.63, 3.8) is 0 Å². The molecule has 2 heterocycles. The summed E-state index contributed by atoms with van der Waals surface area (Å²) in [5.74, 6) is -0.462. The van der Waals surface area contributed by atoms with Gasteiger partial charge in [0.1, 0.15) is 4.70 Å². The third kappa shape index (κ3) is 2.45. The molecule has 2 N–H and O–H groups in total. The highest BCUT2D eigenvalue weighted by molar-refractivity contribution is 7.17. The van der Waals surface area contributed by atoms with E-state index in [1.54, 1.807) is 35.2 Å². The fourth-order valence-corrected chi connectivity index (χ4v) is 3.09. The number of hydrogen-bond acceptors (Lipinski definition) is 4. The molecule has 3 rings (SSSR count). The Hall–Kier alpha value is -2.47. The van der Waals surface area contributed by atoms with E-state index in [9.17, 15) is 9.59 Å². The molecule has 0 fully saturated rings. The number of hydrogen-bond donors (Lipinski definition) is 1. The second kappa shape index (κ2) is 5.14. The summed E-state index contributed by atoms with van der Waals surface area (Å²) in [6.45, 7) is 2.36. The van der Waals surface area contributed by atoms with Crippen LogP contribution in [0, 0.1) is 6.92 Å². The van der Waals surface area contributed by atoms with Crippen molar-refractivity contribution in [3.8, 4) is 0 Å². The first-order valence-corrected chi connectivity index (χ1v) is 7.26. The normalized spacial score (nSPS) is 10.9. The molecule has 21 heavy (non-hydrogen) atoms. The molecule has 0 unspecified atom stereocenters. The average molecular weight is 299 g/mol. The van der Waals surface area contributed by atoms with E-state index in [1.807, 2.05) is 12.3 Å². The zero-order valence-corrected chi connectivity index (χ0v) is 12.2. The average Bonchev–Trinajstić information content (AvgIpc) is 2.85. The zero-order valence-electron chi connectivity index (χ0n) is 11.4. The molecule has 0 aliphatic heterocycles. The Morgan fingerprint density at radius 3 is 2.71 bits per heavy atom. The summed E-state index contributed by atoms with van der Waals surface area (Å²) in [6.07, 6.45) is 1.56. The molecule has 0 aliphatic carbocycles. The van der Waals surface area contributed by atoms with Gasteiger partial charge in [-0.3, -0.25) is 14.2 Å². The van der Waals surface area contributed by atoms with Crippen molar-refractivity contribution in [1.82, 2.24) is 9.55 Å². The molecule has 2 aromatic heterocycles. The van der Waals surface area contributed by atoms with Crippen molar-refractivity contribution >= 4 is 27.5 Å². The van der Waals surface area contributed by atoms with E-state index in [-0.39, 0.29) is 5.56 Å². The highest BCUT2D eigenvalue weighted by Gasteiger charge is 2.09. The fraction of sp³-hybridized carbons (Fsp3) is 0.133. The number of aryl methyl sites for hydroxylation is 1. The molecule has 0 bridgehead atoms. The lowest BCUT2D eigenvalue weighted by molar-refractivity contribution is 0.100. The molecular weight excluding hydrogens is 286 g/mol. The van der Waals surface area contributed by atoms with Crippen LogP contribution in [0.2, 0.25) is 0 Å². The number of benzene rings is 1. The van der Waals surface area contributed by atoms with Crippen LogP contribution in [-0.2, 0) is 6.54 Å². The van der Waals surface area contributed by atoms with Gasteiger partial charge in [0.2, 0.25) is 5.91 Å². The summed E-state index contributed by atoms with van der Waals surface area (Å²) in [6, 6.07) is 6.89. The lowest BCUT2D eigenvalue weighted by Crippen LogP contribution is -2.20. The summed E-state index contributed by atoms with van der Waals surface area (Å²) in [5, 5.41) is 1.94. The van der Waals surface area contributed by atoms with E-state index in [2.05, 4.69) is 4.98 Å². The molecule has 0 spiro atoms. The largest absolute Gasteiger partial charge is 0.366 e. The minimum absolute atomic E-state index is 0.0444. The molecule has 6 heteroatoms. The topological polar surface area (TPSA) is 78.0 Å². The van der Waals surface area contributed by atoms with Gasteiger partial charge in [0.05, 0.1) is 18.4 Å². The number of nitrogens with zero attached hydrogens (tertiary/aromatic N) is 2. The molecule has 106 valence electrons. The highest BCUT2D eigenvalue weighted by Crippen LogP contribution is 2.19. The Morgan fingerprint density at radius 1 is 1.33 bits per heavy atom. The van der Waals surface area contributed by atoms with Crippen molar-refractivity contribution in [2.75, 3.05) is 0 Å². The van der Waals surface area contributed by atoms with Crippen molar-refractivity contribution in [3.05, 3.63) is 63.0 Å². The van der Waals surface area contributed by atoms with Crippen LogP contribution in [0.1, 0.15) is 21.5 Å².